The molecule has 33 heavy (non-hydrogen) atoms. The molecule has 170 valence electrons. The maximum Gasteiger partial charge on any atom is 0.573 e. The summed E-state index contributed by atoms with van der Waals surface area (Å²) in [6.45, 7) is 1.90. The number of aliphatic imine (C=N–C) groups is 1. The molecule has 1 aliphatic rings. The van der Waals surface area contributed by atoms with Crippen LogP contribution in [0.2, 0.25) is 5.02 Å². The molecular weight excluding hydrogens is 453 g/mol. The fourth-order valence-electron chi connectivity index (χ4n) is 3.87. The number of nitrogens with zero attached hydrogens (tertiary/aromatic N) is 2. The highest BCUT2D eigenvalue weighted by molar-refractivity contribution is 6.46. The Bertz CT molecular complexity index is 1160. The Morgan fingerprint density at radius 1 is 1.03 bits per heavy atom. The maximum atomic E-state index is 13.4. The molecule has 1 aliphatic heterocycles. The number of benzene rings is 3. The smallest absolute Gasteiger partial charge is 0.406 e. The Labute approximate surface area is 194 Å². The summed E-state index contributed by atoms with van der Waals surface area (Å²) in [4.78, 5) is 19.6. The van der Waals surface area contributed by atoms with Gasteiger partial charge < -0.3 is 4.74 Å². The third-order valence-electron chi connectivity index (χ3n) is 5.38. The van der Waals surface area contributed by atoms with Gasteiger partial charge in [-0.1, -0.05) is 54.1 Å². The van der Waals surface area contributed by atoms with Crippen LogP contribution in [0.1, 0.15) is 36.6 Å². The van der Waals surface area contributed by atoms with Crippen molar-refractivity contribution in [1.29, 1.82) is 0 Å². The predicted octanol–water partition coefficient (Wildman–Crippen LogP) is 6.92. The van der Waals surface area contributed by atoms with Crippen LogP contribution in [-0.2, 0) is 4.79 Å². The minimum atomic E-state index is -4.81. The molecule has 3 aromatic carbocycles. The Hall–Kier alpha value is -3.32. The zero-order chi connectivity index (χ0) is 23.6. The van der Waals surface area contributed by atoms with E-state index in [1.807, 2.05) is 37.3 Å². The highest BCUT2D eigenvalue weighted by atomic mass is 35.5. The van der Waals surface area contributed by atoms with Crippen molar-refractivity contribution in [3.05, 3.63) is 95.0 Å². The Balaban J connectivity index is 1.72. The topological polar surface area (TPSA) is 41.9 Å². The molecule has 0 aromatic heterocycles. The first-order chi connectivity index (χ1) is 15.7. The van der Waals surface area contributed by atoms with Crippen LogP contribution in [-0.4, -0.2) is 18.0 Å². The lowest BCUT2D eigenvalue weighted by Crippen LogP contribution is -2.29. The molecular formula is C25H20ClF3N2O2. The van der Waals surface area contributed by atoms with E-state index in [1.165, 1.54) is 18.2 Å². The van der Waals surface area contributed by atoms with Gasteiger partial charge in [0.25, 0.3) is 5.91 Å². The SMILES string of the molecule is C[C@@H](N=C1C[C@H](c2cccc(OC(F)(F)F)c2)N(c2ccc(Cl)cc2)C1=O)c1ccccc1. The summed E-state index contributed by atoms with van der Waals surface area (Å²) in [5.41, 5.74) is 2.40. The minimum absolute atomic E-state index is 0.244. The van der Waals surface area contributed by atoms with E-state index < -0.39 is 12.4 Å². The normalized spacial score (nSPS) is 18.6. The van der Waals surface area contributed by atoms with Crippen LogP contribution in [0.25, 0.3) is 0 Å². The fourth-order valence-corrected chi connectivity index (χ4v) is 4.00. The van der Waals surface area contributed by atoms with Gasteiger partial charge in [0.05, 0.1) is 12.1 Å². The lowest BCUT2D eigenvalue weighted by Gasteiger charge is -2.25. The Kier molecular flexibility index (Phi) is 6.42. The highest BCUT2D eigenvalue weighted by Crippen LogP contribution is 2.38. The van der Waals surface area contributed by atoms with Crippen molar-refractivity contribution in [1.82, 2.24) is 0 Å². The van der Waals surface area contributed by atoms with Gasteiger partial charge in [-0.2, -0.15) is 0 Å². The monoisotopic (exact) mass is 472 g/mol. The van der Waals surface area contributed by atoms with Gasteiger partial charge in [0.1, 0.15) is 11.5 Å². The van der Waals surface area contributed by atoms with Gasteiger partial charge in [0.15, 0.2) is 0 Å². The largest absolute Gasteiger partial charge is 0.573 e. The number of carbonyl (C=O) groups excluding carboxylic acids is 1. The Morgan fingerprint density at radius 3 is 2.39 bits per heavy atom. The van der Waals surface area contributed by atoms with E-state index in [9.17, 15) is 18.0 Å². The van der Waals surface area contributed by atoms with E-state index in [1.54, 1.807) is 35.2 Å². The number of anilines is 1. The summed E-state index contributed by atoms with van der Waals surface area (Å²) in [5, 5.41) is 0.508. The standard InChI is InChI=1S/C25H20ClF3N2O2/c1-16(17-6-3-2-4-7-17)30-22-15-23(18-8-5-9-21(14-18)33-25(27,28)29)31(24(22)32)20-12-10-19(26)11-13-20/h2-14,16,23H,15H2,1H3/t16-,23-/m1/s1. The summed E-state index contributed by atoms with van der Waals surface area (Å²) < 4.78 is 42.3. The lowest BCUT2D eigenvalue weighted by molar-refractivity contribution is -0.274. The number of hydrogen-bond donors (Lipinski definition) is 0. The summed E-state index contributed by atoms with van der Waals surface area (Å²) in [5.74, 6) is -0.640. The second-order valence-electron chi connectivity index (χ2n) is 7.65. The lowest BCUT2D eigenvalue weighted by atomic mass is 10.0. The third-order valence-corrected chi connectivity index (χ3v) is 5.63. The average Bonchev–Trinajstić information content (AvgIpc) is 3.10. The highest BCUT2D eigenvalue weighted by Gasteiger charge is 2.39. The van der Waals surface area contributed by atoms with Gasteiger partial charge >= 0.3 is 6.36 Å². The third kappa shape index (κ3) is 5.37. The zero-order valence-corrected chi connectivity index (χ0v) is 18.3. The van der Waals surface area contributed by atoms with Crippen LogP contribution in [0, 0.1) is 0 Å². The molecule has 4 nitrogen and oxygen atoms in total. The van der Waals surface area contributed by atoms with Gasteiger partial charge in [0, 0.05) is 17.1 Å². The first kappa shape index (κ1) is 22.9. The van der Waals surface area contributed by atoms with Crippen molar-refractivity contribution in [3.63, 3.8) is 0 Å². The van der Waals surface area contributed by atoms with Gasteiger partial charge in [-0.25, -0.2) is 0 Å². The van der Waals surface area contributed by atoms with E-state index in [0.29, 0.717) is 22.0 Å². The molecule has 0 spiro atoms. The molecule has 1 heterocycles. The average molecular weight is 473 g/mol. The van der Waals surface area contributed by atoms with E-state index in [0.717, 1.165) is 5.56 Å². The summed E-state index contributed by atoms with van der Waals surface area (Å²) in [6, 6.07) is 21.2. The molecule has 0 unspecified atom stereocenters. The van der Waals surface area contributed by atoms with Crippen molar-refractivity contribution in [2.75, 3.05) is 4.90 Å². The number of alkyl halides is 3. The number of hydrogen-bond acceptors (Lipinski definition) is 3. The molecule has 0 aliphatic carbocycles. The second kappa shape index (κ2) is 9.27. The van der Waals surface area contributed by atoms with E-state index in [-0.39, 0.29) is 24.1 Å². The molecule has 4 rings (SSSR count). The quantitative estimate of drug-likeness (QED) is 0.404. The van der Waals surface area contributed by atoms with Crippen LogP contribution in [0.5, 0.6) is 5.75 Å². The van der Waals surface area contributed by atoms with Gasteiger partial charge in [-0.3, -0.25) is 14.7 Å². The first-order valence-corrected chi connectivity index (χ1v) is 10.7. The fraction of sp³-hybridized carbons (Fsp3) is 0.200. The number of ether oxygens (including phenoxy) is 1. The van der Waals surface area contributed by atoms with Crippen molar-refractivity contribution >= 4 is 28.9 Å². The molecule has 2 atom stereocenters. The first-order valence-electron chi connectivity index (χ1n) is 10.3. The molecule has 0 N–H and O–H groups in total. The number of carbonyl (C=O) groups is 1. The molecule has 8 heteroatoms. The number of halogens is 4. The zero-order valence-electron chi connectivity index (χ0n) is 17.6. The van der Waals surface area contributed by atoms with E-state index in [2.05, 4.69) is 9.73 Å². The van der Waals surface area contributed by atoms with Gasteiger partial charge in [-0.15, -0.1) is 13.2 Å². The predicted molar refractivity (Wildman–Crippen MR) is 122 cm³/mol. The maximum absolute atomic E-state index is 13.4. The summed E-state index contributed by atoms with van der Waals surface area (Å²) in [6.07, 6.45) is -4.56. The van der Waals surface area contributed by atoms with Crippen molar-refractivity contribution in [2.24, 2.45) is 4.99 Å². The number of amides is 1. The van der Waals surface area contributed by atoms with Crippen LogP contribution in [0.3, 0.4) is 0 Å². The molecule has 0 saturated carbocycles. The Morgan fingerprint density at radius 2 is 1.73 bits per heavy atom. The van der Waals surface area contributed by atoms with Crippen LogP contribution in [0.4, 0.5) is 18.9 Å². The van der Waals surface area contributed by atoms with Crippen LogP contribution in [0.15, 0.2) is 83.9 Å². The van der Waals surface area contributed by atoms with Crippen molar-refractivity contribution in [2.45, 2.75) is 31.8 Å². The number of rotatable bonds is 5. The van der Waals surface area contributed by atoms with Crippen molar-refractivity contribution in [3.8, 4) is 5.75 Å². The van der Waals surface area contributed by atoms with E-state index >= 15 is 0 Å². The van der Waals surface area contributed by atoms with Crippen LogP contribution >= 0.6 is 11.6 Å². The summed E-state index contributed by atoms with van der Waals surface area (Å²) >= 11 is 6.01. The van der Waals surface area contributed by atoms with Crippen molar-refractivity contribution < 1.29 is 22.7 Å². The van der Waals surface area contributed by atoms with Crippen LogP contribution < -0.4 is 9.64 Å². The minimum Gasteiger partial charge on any atom is -0.406 e. The summed E-state index contributed by atoms with van der Waals surface area (Å²) in [7, 11) is 0. The molecule has 3 aromatic rings. The second-order valence-corrected chi connectivity index (χ2v) is 8.09. The van der Waals surface area contributed by atoms with Gasteiger partial charge in [-0.05, 0) is 54.4 Å². The molecule has 1 amide bonds. The molecule has 0 bridgehead atoms. The molecule has 0 radical (unpaired) electrons. The van der Waals surface area contributed by atoms with Gasteiger partial charge in [0.2, 0.25) is 0 Å². The molecule has 1 saturated heterocycles. The van der Waals surface area contributed by atoms with E-state index in [4.69, 9.17) is 11.6 Å². The molecule has 1 fully saturated rings.